The highest BCUT2D eigenvalue weighted by molar-refractivity contribution is 5.93. The summed E-state index contributed by atoms with van der Waals surface area (Å²) >= 11 is 0. The number of fused-ring (bicyclic) bond motifs is 1. The van der Waals surface area contributed by atoms with Gasteiger partial charge >= 0.3 is 0 Å². The van der Waals surface area contributed by atoms with Crippen LogP contribution in [0.3, 0.4) is 0 Å². The lowest BCUT2D eigenvalue weighted by molar-refractivity contribution is 0.0813. The topological polar surface area (TPSA) is 63.8 Å². The molecule has 0 aromatic carbocycles. The van der Waals surface area contributed by atoms with Crippen LogP contribution in [0.15, 0.2) is 30.9 Å². The monoisotopic (exact) mass is 378 g/mol. The second kappa shape index (κ2) is 7.68. The minimum atomic E-state index is 0.791. The number of aromatic amines is 2. The van der Waals surface area contributed by atoms with E-state index in [-0.39, 0.29) is 0 Å². The summed E-state index contributed by atoms with van der Waals surface area (Å²) in [6.45, 7) is 4.94. The van der Waals surface area contributed by atoms with E-state index in [1.165, 1.54) is 68.4 Å². The summed E-state index contributed by atoms with van der Waals surface area (Å²) < 4.78 is 0. The summed E-state index contributed by atoms with van der Waals surface area (Å²) in [5.74, 6) is 0.791. The van der Waals surface area contributed by atoms with Crippen molar-refractivity contribution < 1.29 is 0 Å². The highest BCUT2D eigenvalue weighted by Gasteiger charge is 2.27. The third-order valence-corrected chi connectivity index (χ3v) is 6.79. The molecule has 2 aliphatic rings. The van der Waals surface area contributed by atoms with Crippen LogP contribution in [0, 0.1) is 5.92 Å². The number of H-pyrrole nitrogens is 2. The molecular weight excluding hydrogens is 348 g/mol. The normalized spacial score (nSPS) is 24.8. The van der Waals surface area contributed by atoms with Crippen molar-refractivity contribution in [3.8, 4) is 11.1 Å². The van der Waals surface area contributed by atoms with Crippen molar-refractivity contribution in [2.24, 2.45) is 5.92 Å². The summed E-state index contributed by atoms with van der Waals surface area (Å²) in [5, 5.41) is 8.19. The lowest BCUT2D eigenvalue weighted by atomic mass is 9.82. The van der Waals surface area contributed by atoms with Gasteiger partial charge < -0.3 is 9.88 Å². The van der Waals surface area contributed by atoms with Gasteiger partial charge in [-0.2, -0.15) is 5.10 Å². The Morgan fingerprint density at radius 2 is 1.86 bits per heavy atom. The number of pyridine rings is 1. The molecule has 6 nitrogen and oxygen atoms in total. The van der Waals surface area contributed by atoms with E-state index in [0.717, 1.165) is 29.6 Å². The summed E-state index contributed by atoms with van der Waals surface area (Å²) in [6, 6.07) is 3.14. The molecule has 148 valence electrons. The molecule has 0 atom stereocenters. The van der Waals surface area contributed by atoms with Gasteiger partial charge in [0.2, 0.25) is 0 Å². The lowest BCUT2D eigenvalue weighted by Crippen LogP contribution is -2.49. The Kier molecular flexibility index (Phi) is 4.91. The number of nitrogens with one attached hydrogen (secondary N) is 2. The van der Waals surface area contributed by atoms with Gasteiger partial charge in [0.15, 0.2) is 0 Å². The van der Waals surface area contributed by atoms with E-state index in [2.05, 4.69) is 49.3 Å². The fourth-order valence-electron chi connectivity index (χ4n) is 5.03. The van der Waals surface area contributed by atoms with Crippen molar-refractivity contribution >= 4 is 11.0 Å². The Morgan fingerprint density at radius 1 is 1.04 bits per heavy atom. The Hall–Kier alpha value is -2.18. The highest BCUT2D eigenvalue weighted by atomic mass is 15.3. The van der Waals surface area contributed by atoms with Gasteiger partial charge in [0, 0.05) is 67.3 Å². The molecule has 2 N–H and O–H groups in total. The number of hydrogen-bond acceptors (Lipinski definition) is 4. The van der Waals surface area contributed by atoms with E-state index in [9.17, 15) is 0 Å². The van der Waals surface area contributed by atoms with Crippen molar-refractivity contribution in [1.82, 2.24) is 30.0 Å². The molecule has 3 aromatic heterocycles. The van der Waals surface area contributed by atoms with Crippen molar-refractivity contribution in [2.75, 3.05) is 33.2 Å². The lowest BCUT2D eigenvalue weighted by Gasteiger charge is -2.41. The van der Waals surface area contributed by atoms with Gasteiger partial charge in [-0.3, -0.25) is 10.00 Å². The van der Waals surface area contributed by atoms with E-state index >= 15 is 0 Å². The standard InChI is InChI=1S/C22H30N6/c1-27-6-8-28(9-7-27)19-4-2-16(3-5-19)10-17-11-20-21(18-13-25-26-14-18)15-24-22(20)23-12-17/h11-16,19H,2-10H2,1H3,(H,23,24)(H,25,26). The molecule has 3 aromatic rings. The van der Waals surface area contributed by atoms with Crippen molar-refractivity contribution in [3.63, 3.8) is 0 Å². The minimum absolute atomic E-state index is 0.791. The molecule has 1 saturated carbocycles. The number of piperazine rings is 1. The summed E-state index contributed by atoms with van der Waals surface area (Å²) in [4.78, 5) is 13.1. The van der Waals surface area contributed by atoms with Crippen LogP contribution >= 0.6 is 0 Å². The third kappa shape index (κ3) is 3.59. The van der Waals surface area contributed by atoms with Crippen LogP contribution in [0.1, 0.15) is 31.2 Å². The molecule has 1 saturated heterocycles. The Balaban J connectivity index is 1.23. The zero-order chi connectivity index (χ0) is 18.9. The molecule has 1 aliphatic carbocycles. The maximum atomic E-state index is 4.67. The fourth-order valence-corrected chi connectivity index (χ4v) is 5.03. The first-order valence-electron chi connectivity index (χ1n) is 10.6. The van der Waals surface area contributed by atoms with Crippen LogP contribution in [-0.2, 0) is 6.42 Å². The maximum absolute atomic E-state index is 4.67. The Labute approximate surface area is 166 Å². The Morgan fingerprint density at radius 3 is 2.61 bits per heavy atom. The predicted octanol–water partition coefficient (Wildman–Crippen LogP) is 3.30. The van der Waals surface area contributed by atoms with Crippen LogP contribution in [-0.4, -0.2) is 69.2 Å². The fraction of sp³-hybridized carbons (Fsp3) is 0.545. The van der Waals surface area contributed by atoms with Crippen LogP contribution in [0.4, 0.5) is 0 Å². The van der Waals surface area contributed by atoms with Gasteiger partial charge in [-0.05, 0) is 56.7 Å². The molecule has 0 radical (unpaired) electrons. The molecule has 4 heterocycles. The summed E-state index contributed by atoms with van der Waals surface area (Å²) in [6.07, 6.45) is 14.5. The molecule has 28 heavy (non-hydrogen) atoms. The molecule has 1 aliphatic heterocycles. The van der Waals surface area contributed by atoms with Crippen molar-refractivity contribution in [3.05, 3.63) is 36.4 Å². The zero-order valence-electron chi connectivity index (χ0n) is 16.7. The molecule has 0 amide bonds. The second-order valence-corrected chi connectivity index (χ2v) is 8.65. The van der Waals surface area contributed by atoms with Gasteiger partial charge in [0.25, 0.3) is 0 Å². The first-order valence-corrected chi connectivity index (χ1v) is 10.6. The van der Waals surface area contributed by atoms with E-state index in [1.807, 2.05) is 18.6 Å². The number of rotatable bonds is 4. The molecule has 0 spiro atoms. The molecule has 0 unspecified atom stereocenters. The van der Waals surface area contributed by atoms with Gasteiger partial charge in [-0.25, -0.2) is 4.98 Å². The smallest absolute Gasteiger partial charge is 0.137 e. The SMILES string of the molecule is CN1CCN(C2CCC(Cc3cnc4[nH]cc(-c5cn[nH]c5)c4c3)CC2)CC1. The van der Waals surface area contributed by atoms with Gasteiger partial charge in [-0.1, -0.05) is 0 Å². The zero-order valence-corrected chi connectivity index (χ0v) is 16.7. The first kappa shape index (κ1) is 17.9. The van der Waals surface area contributed by atoms with Crippen LogP contribution < -0.4 is 0 Å². The van der Waals surface area contributed by atoms with E-state index in [0.29, 0.717) is 0 Å². The number of hydrogen-bond donors (Lipinski definition) is 2. The average molecular weight is 379 g/mol. The second-order valence-electron chi connectivity index (χ2n) is 8.65. The van der Waals surface area contributed by atoms with E-state index < -0.39 is 0 Å². The molecule has 5 rings (SSSR count). The molecule has 2 fully saturated rings. The van der Waals surface area contributed by atoms with E-state index in [4.69, 9.17) is 0 Å². The van der Waals surface area contributed by atoms with Gasteiger partial charge in [-0.15, -0.1) is 0 Å². The van der Waals surface area contributed by atoms with Crippen LogP contribution in [0.5, 0.6) is 0 Å². The first-order chi connectivity index (χ1) is 13.8. The van der Waals surface area contributed by atoms with E-state index in [1.54, 1.807) is 0 Å². The minimum Gasteiger partial charge on any atom is -0.346 e. The number of aromatic nitrogens is 4. The molecule has 6 heteroatoms. The molecular formula is C22H30N6. The summed E-state index contributed by atoms with van der Waals surface area (Å²) in [7, 11) is 2.24. The van der Waals surface area contributed by atoms with Crippen LogP contribution in [0.2, 0.25) is 0 Å². The largest absolute Gasteiger partial charge is 0.346 e. The van der Waals surface area contributed by atoms with Gasteiger partial charge in [0.05, 0.1) is 6.20 Å². The van der Waals surface area contributed by atoms with Crippen molar-refractivity contribution in [2.45, 2.75) is 38.1 Å². The van der Waals surface area contributed by atoms with Gasteiger partial charge in [0.1, 0.15) is 5.65 Å². The average Bonchev–Trinajstić information content (AvgIpc) is 3.38. The third-order valence-electron chi connectivity index (χ3n) is 6.79. The summed E-state index contributed by atoms with van der Waals surface area (Å²) in [5.41, 5.74) is 4.60. The van der Waals surface area contributed by atoms with Crippen LogP contribution in [0.25, 0.3) is 22.2 Å². The predicted molar refractivity (Wildman–Crippen MR) is 112 cm³/mol. The number of likely N-dealkylation sites (N-methyl/N-ethyl adjacent to an activating group) is 1. The molecule has 0 bridgehead atoms. The Bertz CT molecular complexity index is 898. The van der Waals surface area contributed by atoms with Crippen molar-refractivity contribution in [1.29, 1.82) is 0 Å². The highest BCUT2D eigenvalue weighted by Crippen LogP contribution is 2.32. The maximum Gasteiger partial charge on any atom is 0.137 e. The quantitative estimate of drug-likeness (QED) is 0.731. The number of nitrogens with zero attached hydrogens (tertiary/aromatic N) is 4.